The van der Waals surface area contributed by atoms with Crippen molar-refractivity contribution < 1.29 is 4.74 Å². The first-order valence-corrected chi connectivity index (χ1v) is 9.51. The molecular weight excluding hydrogens is 378 g/mol. The van der Waals surface area contributed by atoms with Gasteiger partial charge < -0.3 is 9.30 Å². The fourth-order valence-electron chi connectivity index (χ4n) is 3.85. The van der Waals surface area contributed by atoms with Crippen molar-refractivity contribution in [2.24, 2.45) is 0 Å². The molecule has 0 bridgehead atoms. The van der Waals surface area contributed by atoms with Crippen molar-refractivity contribution in [3.63, 3.8) is 0 Å². The lowest BCUT2D eigenvalue weighted by molar-refractivity contribution is 0.420. The summed E-state index contributed by atoms with van der Waals surface area (Å²) >= 11 is 5.98. The van der Waals surface area contributed by atoms with Gasteiger partial charge in [0.1, 0.15) is 11.3 Å². The van der Waals surface area contributed by atoms with Crippen LogP contribution in [0.2, 0.25) is 5.02 Å². The molecule has 28 heavy (non-hydrogen) atoms. The lowest BCUT2D eigenvalue weighted by atomic mass is 10.2. The Bertz CT molecular complexity index is 1310. The molecule has 0 saturated heterocycles. The molecule has 0 fully saturated rings. The van der Waals surface area contributed by atoms with Gasteiger partial charge in [-0.05, 0) is 50.2 Å². The summed E-state index contributed by atoms with van der Waals surface area (Å²) in [7, 11) is 1.59. The van der Waals surface area contributed by atoms with E-state index in [0.29, 0.717) is 40.6 Å². The average molecular weight is 398 g/mol. The van der Waals surface area contributed by atoms with Crippen LogP contribution in [-0.4, -0.2) is 20.8 Å². The lowest BCUT2D eigenvalue weighted by Gasteiger charge is -2.12. The molecule has 2 aromatic heterocycles. The smallest absolute Gasteiger partial charge is 0.336 e. The Hall–Kier alpha value is -2.99. The van der Waals surface area contributed by atoms with E-state index in [4.69, 9.17) is 16.3 Å². The number of ether oxygens (including phenoxy) is 1. The molecule has 6 nitrogen and oxygen atoms in total. The van der Waals surface area contributed by atoms with Crippen LogP contribution >= 0.6 is 11.6 Å². The topological polar surface area (TPSA) is 58.2 Å². The Balaban J connectivity index is 2.29. The van der Waals surface area contributed by atoms with Crippen LogP contribution < -0.4 is 16.0 Å². The maximum absolute atomic E-state index is 13.5. The molecule has 0 atom stereocenters. The summed E-state index contributed by atoms with van der Waals surface area (Å²) in [4.78, 5) is 26.8. The largest absolute Gasteiger partial charge is 0.496 e. The van der Waals surface area contributed by atoms with E-state index >= 15 is 0 Å². The molecule has 144 valence electrons. The fraction of sp³-hybridized carbons (Fsp3) is 0.238. The first kappa shape index (κ1) is 18.4. The highest BCUT2D eigenvalue weighted by atomic mass is 35.5. The maximum Gasteiger partial charge on any atom is 0.336 e. The molecule has 2 heterocycles. The van der Waals surface area contributed by atoms with Crippen LogP contribution in [0, 0.1) is 0 Å². The van der Waals surface area contributed by atoms with Crippen molar-refractivity contribution in [2.45, 2.75) is 26.9 Å². The second kappa shape index (κ2) is 6.87. The Morgan fingerprint density at radius 3 is 2.21 bits per heavy atom. The van der Waals surface area contributed by atoms with Crippen molar-refractivity contribution >= 4 is 33.5 Å². The minimum Gasteiger partial charge on any atom is -0.496 e. The van der Waals surface area contributed by atoms with Crippen LogP contribution in [0.5, 0.6) is 5.75 Å². The quantitative estimate of drug-likeness (QED) is 0.526. The zero-order chi connectivity index (χ0) is 20.0. The summed E-state index contributed by atoms with van der Waals surface area (Å²) < 4.78 is 10.3. The number of rotatable bonds is 4. The van der Waals surface area contributed by atoms with E-state index in [1.165, 1.54) is 4.57 Å². The number of nitrogens with zero attached hydrogens (tertiary/aromatic N) is 3. The molecule has 0 saturated carbocycles. The van der Waals surface area contributed by atoms with E-state index in [0.717, 1.165) is 10.9 Å². The van der Waals surface area contributed by atoms with Crippen LogP contribution in [0.25, 0.3) is 27.6 Å². The van der Waals surface area contributed by atoms with Crippen molar-refractivity contribution in [1.29, 1.82) is 0 Å². The van der Waals surface area contributed by atoms with E-state index < -0.39 is 0 Å². The highest BCUT2D eigenvalue weighted by molar-refractivity contribution is 6.30. The number of aryl methyl sites for hydroxylation is 2. The number of hydrogen-bond acceptors (Lipinski definition) is 3. The maximum atomic E-state index is 13.5. The van der Waals surface area contributed by atoms with E-state index in [9.17, 15) is 9.59 Å². The van der Waals surface area contributed by atoms with E-state index in [-0.39, 0.29) is 11.2 Å². The number of methoxy groups -OCH3 is 1. The third-order valence-corrected chi connectivity index (χ3v) is 5.31. The van der Waals surface area contributed by atoms with Crippen LogP contribution in [0.1, 0.15) is 13.8 Å². The van der Waals surface area contributed by atoms with Gasteiger partial charge in [0.05, 0.1) is 29.2 Å². The molecule has 0 N–H and O–H groups in total. The summed E-state index contributed by atoms with van der Waals surface area (Å²) in [6.45, 7) is 4.88. The number of hydrogen-bond donors (Lipinski definition) is 0. The second-order valence-electron chi connectivity index (χ2n) is 6.44. The molecule has 0 amide bonds. The molecule has 0 spiro atoms. The molecule has 7 heteroatoms. The zero-order valence-electron chi connectivity index (χ0n) is 15.9. The van der Waals surface area contributed by atoms with Gasteiger partial charge in [-0.25, -0.2) is 9.36 Å². The minimum atomic E-state index is -0.386. The molecular formula is C21H20ClN3O3. The van der Waals surface area contributed by atoms with Crippen molar-refractivity contribution in [3.05, 3.63) is 68.3 Å². The molecule has 2 aromatic carbocycles. The average Bonchev–Trinajstić information content (AvgIpc) is 3.04. The van der Waals surface area contributed by atoms with E-state index in [2.05, 4.69) is 0 Å². The van der Waals surface area contributed by atoms with Gasteiger partial charge in [0.15, 0.2) is 0 Å². The number of benzene rings is 2. The van der Waals surface area contributed by atoms with Gasteiger partial charge in [0, 0.05) is 18.1 Å². The van der Waals surface area contributed by atoms with Gasteiger partial charge in [-0.15, -0.1) is 0 Å². The lowest BCUT2D eigenvalue weighted by Crippen LogP contribution is -2.39. The predicted molar refractivity (Wildman–Crippen MR) is 112 cm³/mol. The van der Waals surface area contributed by atoms with Gasteiger partial charge in [0.2, 0.25) is 0 Å². The molecule has 0 radical (unpaired) electrons. The summed E-state index contributed by atoms with van der Waals surface area (Å²) in [5.74, 6) is 0.639. The number of halogens is 1. The normalized spacial score (nSPS) is 11.4. The highest BCUT2D eigenvalue weighted by Crippen LogP contribution is 2.34. The van der Waals surface area contributed by atoms with Crippen LogP contribution in [0.4, 0.5) is 0 Å². The predicted octanol–water partition coefficient (Wildman–Crippen LogP) is 3.81. The molecule has 0 aliphatic heterocycles. The second-order valence-corrected chi connectivity index (χ2v) is 6.88. The Kier molecular flexibility index (Phi) is 4.51. The standard InChI is InChI=1S/C21H20ClN3O3/c1-4-23-15-7-6-8-16(28-3)17(15)18-19(23)20(26)25(21(27)24(18)5-2)14-11-9-13(22)10-12-14/h6-12H,4-5H2,1-3H3. The highest BCUT2D eigenvalue weighted by Gasteiger charge is 2.23. The molecule has 4 rings (SSSR count). The SMILES string of the molecule is CCn1c(=O)n(-c2ccc(Cl)cc2)c(=O)c2c1c1c(OC)cccc1n2CC. The third-order valence-electron chi connectivity index (χ3n) is 5.06. The molecule has 4 aromatic rings. The summed E-state index contributed by atoms with van der Waals surface area (Å²) in [6, 6.07) is 12.4. The summed E-state index contributed by atoms with van der Waals surface area (Å²) in [5, 5.41) is 1.32. The van der Waals surface area contributed by atoms with Gasteiger partial charge in [-0.2, -0.15) is 0 Å². The summed E-state index contributed by atoms with van der Waals surface area (Å²) in [5.41, 5.74) is 1.71. The number of aromatic nitrogens is 3. The fourth-order valence-corrected chi connectivity index (χ4v) is 3.97. The van der Waals surface area contributed by atoms with Crippen LogP contribution in [0.15, 0.2) is 52.1 Å². The molecule has 0 aliphatic carbocycles. The Morgan fingerprint density at radius 1 is 0.929 bits per heavy atom. The van der Waals surface area contributed by atoms with E-state index in [1.807, 2.05) is 36.6 Å². The van der Waals surface area contributed by atoms with Crippen LogP contribution in [-0.2, 0) is 13.1 Å². The zero-order valence-corrected chi connectivity index (χ0v) is 16.7. The van der Waals surface area contributed by atoms with Crippen molar-refractivity contribution in [2.75, 3.05) is 7.11 Å². The molecule has 0 aliphatic rings. The van der Waals surface area contributed by atoms with Gasteiger partial charge in [-0.3, -0.25) is 9.36 Å². The third kappa shape index (κ3) is 2.48. The molecule has 0 unspecified atom stereocenters. The van der Waals surface area contributed by atoms with Crippen molar-refractivity contribution in [1.82, 2.24) is 13.7 Å². The van der Waals surface area contributed by atoms with Gasteiger partial charge in [0.25, 0.3) is 5.56 Å². The van der Waals surface area contributed by atoms with Crippen LogP contribution in [0.3, 0.4) is 0 Å². The van der Waals surface area contributed by atoms with E-state index in [1.54, 1.807) is 35.9 Å². The summed E-state index contributed by atoms with van der Waals surface area (Å²) in [6.07, 6.45) is 0. The number of fused-ring (bicyclic) bond motifs is 3. The first-order chi connectivity index (χ1) is 13.5. The Labute approximate surface area is 166 Å². The van der Waals surface area contributed by atoms with Crippen molar-refractivity contribution in [3.8, 4) is 11.4 Å². The Morgan fingerprint density at radius 2 is 1.61 bits per heavy atom. The van der Waals surface area contributed by atoms with Gasteiger partial charge in [-0.1, -0.05) is 17.7 Å². The monoisotopic (exact) mass is 397 g/mol. The first-order valence-electron chi connectivity index (χ1n) is 9.14. The van der Waals surface area contributed by atoms with Gasteiger partial charge >= 0.3 is 5.69 Å². The minimum absolute atomic E-state index is 0.355.